The summed E-state index contributed by atoms with van der Waals surface area (Å²) >= 11 is 1.61. The Labute approximate surface area is 154 Å². The Balaban J connectivity index is 1.35. The molecule has 2 unspecified atom stereocenters. The van der Waals surface area contributed by atoms with Gasteiger partial charge in [0.1, 0.15) is 16.3 Å². The van der Waals surface area contributed by atoms with Crippen LogP contribution < -0.4 is 0 Å². The van der Waals surface area contributed by atoms with E-state index >= 15 is 0 Å². The van der Waals surface area contributed by atoms with Crippen molar-refractivity contribution in [1.29, 1.82) is 0 Å². The van der Waals surface area contributed by atoms with Crippen LogP contribution >= 0.6 is 11.3 Å². The Morgan fingerprint density at radius 2 is 2.27 bits per heavy atom. The van der Waals surface area contributed by atoms with Crippen molar-refractivity contribution in [3.05, 3.63) is 16.3 Å². The van der Waals surface area contributed by atoms with Crippen molar-refractivity contribution in [3.63, 3.8) is 0 Å². The number of likely N-dealkylation sites (tertiary alicyclic amines) is 2. The Morgan fingerprint density at radius 1 is 1.38 bits per heavy atom. The highest BCUT2D eigenvalue weighted by atomic mass is 32.1. The molecule has 10 nitrogen and oxygen atoms in total. The van der Waals surface area contributed by atoms with Crippen LogP contribution in [0.3, 0.4) is 0 Å². The fourth-order valence-electron chi connectivity index (χ4n) is 4.07. The third-order valence-corrected chi connectivity index (χ3v) is 6.19. The first-order chi connectivity index (χ1) is 12.6. The summed E-state index contributed by atoms with van der Waals surface area (Å²) in [5.74, 6) is 0.382. The molecule has 0 saturated carbocycles. The summed E-state index contributed by atoms with van der Waals surface area (Å²) in [7, 11) is 0. The fourth-order valence-corrected chi connectivity index (χ4v) is 4.82. The van der Waals surface area contributed by atoms with Gasteiger partial charge < -0.3 is 10.0 Å². The third kappa shape index (κ3) is 3.33. The molecule has 1 amide bonds. The number of hydrogen-bond donors (Lipinski definition) is 1. The minimum Gasteiger partial charge on any atom is -0.396 e. The second-order valence-electron chi connectivity index (χ2n) is 7.20. The number of nitrogens with zero attached hydrogens (tertiary/aromatic N) is 8. The number of rotatable bonds is 6. The zero-order valence-electron chi connectivity index (χ0n) is 14.7. The van der Waals surface area contributed by atoms with Gasteiger partial charge in [-0.05, 0) is 23.3 Å². The molecular formula is C15H22N8O2S. The molecular weight excluding hydrogens is 356 g/mol. The van der Waals surface area contributed by atoms with E-state index in [4.69, 9.17) is 0 Å². The number of aliphatic hydroxyl groups is 1. The molecule has 0 bridgehead atoms. The molecule has 1 N–H and O–H groups in total. The minimum absolute atomic E-state index is 0.0917. The van der Waals surface area contributed by atoms with E-state index in [0.29, 0.717) is 32.0 Å². The van der Waals surface area contributed by atoms with Crippen molar-refractivity contribution < 1.29 is 9.90 Å². The molecule has 0 radical (unpaired) electrons. The summed E-state index contributed by atoms with van der Waals surface area (Å²) in [4.78, 5) is 16.7. The van der Waals surface area contributed by atoms with E-state index in [-0.39, 0.29) is 17.9 Å². The van der Waals surface area contributed by atoms with E-state index in [2.05, 4.69) is 30.6 Å². The number of amides is 1. The maximum atomic E-state index is 12.5. The maximum Gasteiger partial charge on any atom is 0.224 e. The van der Waals surface area contributed by atoms with Crippen molar-refractivity contribution in [1.82, 2.24) is 40.2 Å². The highest BCUT2D eigenvalue weighted by molar-refractivity contribution is 7.11. The summed E-state index contributed by atoms with van der Waals surface area (Å²) < 4.78 is 1.56. The van der Waals surface area contributed by atoms with Crippen LogP contribution in [0.15, 0.2) is 6.33 Å². The van der Waals surface area contributed by atoms with E-state index in [0.717, 1.165) is 29.6 Å². The fraction of sp³-hybridized carbons (Fsp3) is 0.733. The van der Waals surface area contributed by atoms with Gasteiger partial charge in [0.05, 0.1) is 19.7 Å². The quantitative estimate of drug-likeness (QED) is 0.693. The van der Waals surface area contributed by atoms with Gasteiger partial charge in [0, 0.05) is 38.0 Å². The van der Waals surface area contributed by atoms with Crippen molar-refractivity contribution in [2.45, 2.75) is 26.4 Å². The molecule has 4 heterocycles. The zero-order valence-corrected chi connectivity index (χ0v) is 15.5. The van der Waals surface area contributed by atoms with Gasteiger partial charge in [0.25, 0.3) is 0 Å². The van der Waals surface area contributed by atoms with Crippen LogP contribution in [0.1, 0.15) is 16.4 Å². The van der Waals surface area contributed by atoms with Crippen molar-refractivity contribution in [2.75, 3.05) is 32.8 Å². The number of aromatic nitrogens is 6. The van der Waals surface area contributed by atoms with Crippen LogP contribution in [0.5, 0.6) is 0 Å². The Kier molecular flexibility index (Phi) is 4.67. The van der Waals surface area contributed by atoms with Crippen LogP contribution in [-0.4, -0.2) is 84.0 Å². The first kappa shape index (κ1) is 17.4. The van der Waals surface area contributed by atoms with Gasteiger partial charge in [-0.25, -0.2) is 4.68 Å². The summed E-state index contributed by atoms with van der Waals surface area (Å²) in [6.07, 6.45) is 1.88. The second-order valence-corrected chi connectivity index (χ2v) is 8.47. The van der Waals surface area contributed by atoms with Crippen LogP contribution in [0.2, 0.25) is 0 Å². The van der Waals surface area contributed by atoms with Crippen molar-refractivity contribution in [3.8, 4) is 0 Å². The predicted octanol–water partition coefficient (Wildman–Crippen LogP) is -0.824. The Morgan fingerprint density at radius 3 is 2.92 bits per heavy atom. The number of hydrogen-bond acceptors (Lipinski definition) is 9. The van der Waals surface area contributed by atoms with Crippen LogP contribution in [-0.2, 0) is 17.9 Å². The molecule has 2 aromatic rings. The van der Waals surface area contributed by atoms with Crippen LogP contribution in [0, 0.1) is 18.3 Å². The lowest BCUT2D eigenvalue weighted by atomic mass is 9.82. The number of carbonyl (C=O) groups excluding carboxylic acids is 1. The van der Waals surface area contributed by atoms with Gasteiger partial charge in [-0.3, -0.25) is 9.69 Å². The van der Waals surface area contributed by atoms with Crippen LogP contribution in [0.4, 0.5) is 0 Å². The largest absolute Gasteiger partial charge is 0.396 e. The molecule has 2 aliphatic heterocycles. The average molecular weight is 378 g/mol. The smallest absolute Gasteiger partial charge is 0.224 e. The highest BCUT2D eigenvalue weighted by Crippen LogP contribution is 2.42. The van der Waals surface area contributed by atoms with E-state index in [1.807, 2.05) is 11.8 Å². The number of aliphatic hydroxyl groups excluding tert-OH is 1. The summed E-state index contributed by atoms with van der Waals surface area (Å²) in [5.41, 5.74) is -0.232. The molecule has 0 aliphatic carbocycles. The molecule has 2 aromatic heterocycles. The zero-order chi connectivity index (χ0) is 18.1. The minimum atomic E-state index is -0.232. The lowest BCUT2D eigenvalue weighted by Crippen LogP contribution is -2.39. The molecule has 2 fully saturated rings. The number of tetrazole rings is 1. The van der Waals surface area contributed by atoms with Gasteiger partial charge in [-0.1, -0.05) is 0 Å². The van der Waals surface area contributed by atoms with Gasteiger partial charge in [-0.2, -0.15) is 0 Å². The standard InChI is InChI=1S/C15H22N8O2S/c1-11-17-18-13(26-11)6-21-4-12-5-22(8-15(12,7-21)9-24)14(25)2-3-23-10-16-19-20-23/h10,12,24H,2-9H2,1H3. The van der Waals surface area contributed by atoms with Crippen molar-refractivity contribution in [2.24, 2.45) is 11.3 Å². The first-order valence-electron chi connectivity index (χ1n) is 8.69. The Hall–Kier alpha value is -1.98. The van der Waals surface area contributed by atoms with Gasteiger partial charge in [0.15, 0.2) is 0 Å². The number of fused-ring (bicyclic) bond motifs is 1. The van der Waals surface area contributed by atoms with E-state index in [9.17, 15) is 9.90 Å². The molecule has 0 aromatic carbocycles. The second kappa shape index (κ2) is 6.97. The monoisotopic (exact) mass is 378 g/mol. The predicted molar refractivity (Wildman–Crippen MR) is 91.9 cm³/mol. The molecule has 2 saturated heterocycles. The van der Waals surface area contributed by atoms with Gasteiger partial charge >= 0.3 is 0 Å². The molecule has 140 valence electrons. The maximum absolute atomic E-state index is 12.5. The lowest BCUT2D eigenvalue weighted by molar-refractivity contribution is -0.131. The molecule has 26 heavy (non-hydrogen) atoms. The summed E-state index contributed by atoms with van der Waals surface area (Å²) in [6, 6.07) is 0. The molecule has 2 atom stereocenters. The SMILES string of the molecule is Cc1nnc(CN2CC3CN(C(=O)CCn4cnnn4)CC3(CO)C2)s1. The summed E-state index contributed by atoms with van der Waals surface area (Å²) in [6.45, 7) is 6.24. The van der Waals surface area contributed by atoms with E-state index in [1.165, 1.54) is 6.33 Å². The third-order valence-electron chi connectivity index (χ3n) is 5.37. The van der Waals surface area contributed by atoms with Gasteiger partial charge in [0.2, 0.25) is 5.91 Å². The number of carbonyl (C=O) groups is 1. The number of aryl methyl sites for hydroxylation is 2. The van der Waals surface area contributed by atoms with E-state index < -0.39 is 0 Å². The van der Waals surface area contributed by atoms with E-state index in [1.54, 1.807) is 16.0 Å². The topological polar surface area (TPSA) is 113 Å². The summed E-state index contributed by atoms with van der Waals surface area (Å²) in [5, 5.41) is 31.2. The first-order valence-corrected chi connectivity index (χ1v) is 9.50. The van der Waals surface area contributed by atoms with Gasteiger partial charge in [-0.15, -0.1) is 26.6 Å². The average Bonchev–Trinajstić information content (AvgIpc) is 3.37. The molecule has 11 heteroatoms. The molecule has 0 spiro atoms. The normalized spacial score (nSPS) is 25.8. The molecule has 2 aliphatic rings. The van der Waals surface area contributed by atoms with Crippen molar-refractivity contribution >= 4 is 17.2 Å². The Bertz CT molecular complexity index is 766. The lowest BCUT2D eigenvalue weighted by Gasteiger charge is -2.27. The van der Waals surface area contributed by atoms with Crippen LogP contribution in [0.25, 0.3) is 0 Å². The highest BCUT2D eigenvalue weighted by Gasteiger charge is 2.53. The molecule has 4 rings (SSSR count).